The molecule has 0 radical (unpaired) electrons. The minimum atomic E-state index is -0.683. The molecule has 1 aromatic carbocycles. The molecule has 0 fully saturated rings. The molecule has 2 N–H and O–H groups in total. The largest absolute Gasteiger partial charge is 0.398 e. The lowest BCUT2D eigenvalue weighted by Gasteiger charge is -1.98. The predicted octanol–water partition coefficient (Wildman–Crippen LogP) is 1.93. The van der Waals surface area contributed by atoms with Crippen LogP contribution >= 0.6 is 11.6 Å². The second-order valence-corrected chi connectivity index (χ2v) is 2.40. The van der Waals surface area contributed by atoms with Crippen LogP contribution < -0.4 is 5.73 Å². The van der Waals surface area contributed by atoms with Crippen molar-refractivity contribution in [1.29, 1.82) is 5.26 Å². The van der Waals surface area contributed by atoms with Crippen molar-refractivity contribution < 1.29 is 4.39 Å². The Labute approximate surface area is 68.0 Å². The molecule has 0 atom stereocenters. The topological polar surface area (TPSA) is 49.8 Å². The summed E-state index contributed by atoms with van der Waals surface area (Å²) in [6.45, 7) is 0. The van der Waals surface area contributed by atoms with Gasteiger partial charge in [-0.2, -0.15) is 5.26 Å². The Morgan fingerprint density at radius 2 is 2.18 bits per heavy atom. The molecule has 0 saturated carbocycles. The second kappa shape index (κ2) is 2.77. The second-order valence-electron chi connectivity index (χ2n) is 1.96. The minimum Gasteiger partial charge on any atom is -0.398 e. The van der Waals surface area contributed by atoms with Gasteiger partial charge in [0.2, 0.25) is 0 Å². The summed E-state index contributed by atoms with van der Waals surface area (Å²) in [5.74, 6) is -0.683. The molecule has 0 aliphatic carbocycles. The van der Waals surface area contributed by atoms with Gasteiger partial charge in [0, 0.05) is 5.02 Å². The molecular formula is C7H4ClFN2. The summed E-state index contributed by atoms with van der Waals surface area (Å²) in [5.41, 5.74) is 5.19. The van der Waals surface area contributed by atoms with E-state index >= 15 is 0 Å². The Morgan fingerprint density at radius 1 is 1.55 bits per heavy atom. The molecule has 0 aliphatic rings. The summed E-state index contributed by atoms with van der Waals surface area (Å²) in [6, 6.07) is 4.02. The van der Waals surface area contributed by atoms with E-state index < -0.39 is 5.82 Å². The number of anilines is 1. The molecule has 0 spiro atoms. The molecule has 0 heterocycles. The van der Waals surface area contributed by atoms with Crippen molar-refractivity contribution in [3.8, 4) is 6.07 Å². The number of halogens is 2. The van der Waals surface area contributed by atoms with E-state index in [1.165, 1.54) is 6.07 Å². The number of nitrogen functional groups attached to an aromatic ring is 1. The highest BCUT2D eigenvalue weighted by atomic mass is 35.5. The SMILES string of the molecule is N#Cc1c(N)cc(Cl)cc1F. The summed E-state index contributed by atoms with van der Waals surface area (Å²) in [7, 11) is 0. The van der Waals surface area contributed by atoms with Gasteiger partial charge in [0.05, 0.1) is 5.69 Å². The normalized spacial score (nSPS) is 9.18. The van der Waals surface area contributed by atoms with Crippen molar-refractivity contribution in [2.75, 3.05) is 5.73 Å². The van der Waals surface area contributed by atoms with Crippen molar-refractivity contribution in [1.82, 2.24) is 0 Å². The number of rotatable bonds is 0. The molecule has 4 heteroatoms. The third kappa shape index (κ3) is 1.41. The lowest BCUT2D eigenvalue weighted by molar-refractivity contribution is 0.625. The van der Waals surface area contributed by atoms with E-state index in [9.17, 15) is 4.39 Å². The number of benzene rings is 1. The van der Waals surface area contributed by atoms with Gasteiger partial charge in [0.1, 0.15) is 17.4 Å². The summed E-state index contributed by atoms with van der Waals surface area (Å²) >= 11 is 5.45. The Balaban J connectivity index is 3.40. The fourth-order valence-corrected chi connectivity index (χ4v) is 0.925. The van der Waals surface area contributed by atoms with Gasteiger partial charge in [-0.25, -0.2) is 4.39 Å². The molecule has 0 saturated heterocycles. The van der Waals surface area contributed by atoms with Gasteiger partial charge in [-0.3, -0.25) is 0 Å². The van der Waals surface area contributed by atoms with Crippen molar-refractivity contribution in [3.63, 3.8) is 0 Å². The molecule has 0 aliphatic heterocycles. The van der Waals surface area contributed by atoms with Gasteiger partial charge in [0.15, 0.2) is 0 Å². The third-order valence-corrected chi connectivity index (χ3v) is 1.42. The average molecular weight is 171 g/mol. The maximum absolute atomic E-state index is 12.7. The van der Waals surface area contributed by atoms with E-state index in [-0.39, 0.29) is 16.3 Å². The Bertz CT molecular complexity index is 307. The number of hydrogen-bond donors (Lipinski definition) is 1. The molecular weight excluding hydrogens is 167 g/mol. The number of nitrogens with zero attached hydrogens (tertiary/aromatic N) is 1. The van der Waals surface area contributed by atoms with Crippen LogP contribution in [-0.2, 0) is 0 Å². The van der Waals surface area contributed by atoms with Gasteiger partial charge in [-0.15, -0.1) is 0 Å². The fourth-order valence-electron chi connectivity index (χ4n) is 0.711. The Hall–Kier alpha value is -1.27. The zero-order chi connectivity index (χ0) is 8.43. The highest BCUT2D eigenvalue weighted by Crippen LogP contribution is 2.20. The number of nitrogens with two attached hydrogens (primary N) is 1. The van der Waals surface area contributed by atoms with Crippen LogP contribution in [0.2, 0.25) is 5.02 Å². The van der Waals surface area contributed by atoms with Crippen molar-refractivity contribution >= 4 is 17.3 Å². The van der Waals surface area contributed by atoms with Crippen LogP contribution in [0.4, 0.5) is 10.1 Å². The molecule has 0 amide bonds. The predicted molar refractivity (Wildman–Crippen MR) is 40.5 cm³/mol. The van der Waals surface area contributed by atoms with E-state index in [1.807, 2.05) is 0 Å². The Morgan fingerprint density at radius 3 is 2.64 bits per heavy atom. The van der Waals surface area contributed by atoms with Crippen LogP contribution in [0.5, 0.6) is 0 Å². The molecule has 0 unspecified atom stereocenters. The first-order valence-corrected chi connectivity index (χ1v) is 3.17. The van der Waals surface area contributed by atoms with Gasteiger partial charge >= 0.3 is 0 Å². The van der Waals surface area contributed by atoms with Crippen molar-refractivity contribution in [2.24, 2.45) is 0 Å². The van der Waals surface area contributed by atoms with Crippen LogP contribution in [0.15, 0.2) is 12.1 Å². The van der Waals surface area contributed by atoms with E-state index in [1.54, 1.807) is 6.07 Å². The molecule has 0 bridgehead atoms. The molecule has 0 aromatic heterocycles. The van der Waals surface area contributed by atoms with E-state index in [4.69, 9.17) is 22.6 Å². The van der Waals surface area contributed by atoms with Gasteiger partial charge in [-0.05, 0) is 12.1 Å². The van der Waals surface area contributed by atoms with Crippen molar-refractivity contribution in [2.45, 2.75) is 0 Å². The monoisotopic (exact) mass is 170 g/mol. The zero-order valence-electron chi connectivity index (χ0n) is 5.44. The van der Waals surface area contributed by atoms with Crippen LogP contribution in [0.25, 0.3) is 0 Å². The van der Waals surface area contributed by atoms with Crippen LogP contribution in [0.3, 0.4) is 0 Å². The van der Waals surface area contributed by atoms with E-state index in [0.29, 0.717) is 0 Å². The zero-order valence-corrected chi connectivity index (χ0v) is 6.19. The quantitative estimate of drug-likeness (QED) is 0.605. The smallest absolute Gasteiger partial charge is 0.144 e. The lowest BCUT2D eigenvalue weighted by Crippen LogP contribution is -1.93. The molecule has 56 valence electrons. The van der Waals surface area contributed by atoms with Crippen molar-refractivity contribution in [3.05, 3.63) is 28.5 Å². The lowest BCUT2D eigenvalue weighted by atomic mass is 10.2. The molecule has 1 aromatic rings. The summed E-state index contributed by atoms with van der Waals surface area (Å²) in [4.78, 5) is 0. The molecule has 1 rings (SSSR count). The van der Waals surface area contributed by atoms with Gasteiger partial charge in [0.25, 0.3) is 0 Å². The first-order chi connectivity index (χ1) is 5.15. The highest BCUT2D eigenvalue weighted by molar-refractivity contribution is 6.30. The summed E-state index contributed by atoms with van der Waals surface area (Å²) in [6.07, 6.45) is 0. The van der Waals surface area contributed by atoms with Gasteiger partial charge < -0.3 is 5.73 Å². The summed E-state index contributed by atoms with van der Waals surface area (Å²) in [5, 5.41) is 8.57. The first-order valence-electron chi connectivity index (χ1n) is 2.79. The van der Waals surface area contributed by atoms with Crippen LogP contribution in [0, 0.1) is 17.1 Å². The third-order valence-electron chi connectivity index (χ3n) is 1.20. The van der Waals surface area contributed by atoms with E-state index in [2.05, 4.69) is 0 Å². The minimum absolute atomic E-state index is 0.0671. The average Bonchev–Trinajstić information content (AvgIpc) is 1.85. The first kappa shape index (κ1) is 7.83. The number of nitriles is 1. The highest BCUT2D eigenvalue weighted by Gasteiger charge is 2.06. The van der Waals surface area contributed by atoms with Crippen LogP contribution in [-0.4, -0.2) is 0 Å². The standard InChI is InChI=1S/C7H4ClFN2/c8-4-1-6(9)5(3-10)7(11)2-4/h1-2H,11H2. The Kier molecular flexibility index (Phi) is 1.97. The molecule has 2 nitrogen and oxygen atoms in total. The maximum Gasteiger partial charge on any atom is 0.144 e. The molecule has 11 heavy (non-hydrogen) atoms. The number of hydrogen-bond acceptors (Lipinski definition) is 2. The maximum atomic E-state index is 12.7. The van der Waals surface area contributed by atoms with Crippen LogP contribution in [0.1, 0.15) is 5.56 Å². The fraction of sp³-hybridized carbons (Fsp3) is 0. The summed E-state index contributed by atoms with van der Waals surface area (Å²) < 4.78 is 12.7. The van der Waals surface area contributed by atoms with Gasteiger partial charge in [-0.1, -0.05) is 11.6 Å². The van der Waals surface area contributed by atoms with E-state index in [0.717, 1.165) is 6.07 Å².